The Balaban J connectivity index is 1.73. The van der Waals surface area contributed by atoms with E-state index in [0.717, 1.165) is 5.56 Å². The summed E-state index contributed by atoms with van der Waals surface area (Å²) < 4.78 is 19.1. The van der Waals surface area contributed by atoms with E-state index in [1.165, 1.54) is 22.7 Å². The molecule has 6 nitrogen and oxygen atoms in total. The van der Waals surface area contributed by atoms with E-state index in [0.29, 0.717) is 5.69 Å². The van der Waals surface area contributed by atoms with Gasteiger partial charge in [-0.3, -0.25) is 19.3 Å². The number of halogens is 1. The molecule has 0 radical (unpaired) electrons. The molecule has 1 unspecified atom stereocenters. The Morgan fingerprint density at radius 2 is 2.00 bits per heavy atom. The number of amides is 2. The van der Waals surface area contributed by atoms with E-state index in [2.05, 4.69) is 5.32 Å². The molecule has 3 rings (SSSR count). The van der Waals surface area contributed by atoms with Crippen molar-refractivity contribution in [2.24, 2.45) is 0 Å². The molecule has 0 aromatic heterocycles. The number of para-hydroxylation sites is 1. The van der Waals surface area contributed by atoms with Crippen molar-refractivity contribution >= 4 is 40.9 Å². The van der Waals surface area contributed by atoms with Gasteiger partial charge in [-0.2, -0.15) is 0 Å². The maximum absolute atomic E-state index is 14.3. The molecule has 2 amide bonds. The number of hydrogen-bond acceptors (Lipinski definition) is 5. The highest BCUT2D eigenvalue weighted by Gasteiger charge is 2.35. The lowest BCUT2D eigenvalue weighted by molar-refractivity contribution is -0.144. The third-order valence-electron chi connectivity index (χ3n) is 4.30. The molecule has 0 spiro atoms. The third kappa shape index (κ3) is 5.14. The summed E-state index contributed by atoms with van der Waals surface area (Å²) in [4.78, 5) is 37.3. The minimum absolute atomic E-state index is 0.00735. The van der Waals surface area contributed by atoms with Gasteiger partial charge in [0.15, 0.2) is 0 Å². The number of thioether (sulfide) groups is 1. The van der Waals surface area contributed by atoms with Gasteiger partial charge in [0, 0.05) is 12.1 Å². The summed E-state index contributed by atoms with van der Waals surface area (Å²) in [5, 5.41) is 2.35. The van der Waals surface area contributed by atoms with Crippen molar-refractivity contribution in [2.45, 2.75) is 25.1 Å². The normalized spacial score (nSPS) is 16.0. The molecule has 2 aromatic rings. The van der Waals surface area contributed by atoms with E-state index >= 15 is 0 Å². The highest BCUT2D eigenvalue weighted by molar-refractivity contribution is 8.00. The topological polar surface area (TPSA) is 75.7 Å². The monoisotopic (exact) mass is 416 g/mol. The molecule has 1 atom stereocenters. The summed E-state index contributed by atoms with van der Waals surface area (Å²) in [6.07, 6.45) is 0.0223. The first-order chi connectivity index (χ1) is 14.0. The van der Waals surface area contributed by atoms with Crippen molar-refractivity contribution in [2.75, 3.05) is 22.6 Å². The summed E-state index contributed by atoms with van der Waals surface area (Å²) >= 11 is 1.40. The van der Waals surface area contributed by atoms with Gasteiger partial charge in [-0.15, -0.1) is 11.8 Å². The van der Waals surface area contributed by atoms with E-state index < -0.39 is 17.2 Å². The van der Waals surface area contributed by atoms with Crippen LogP contribution in [0.4, 0.5) is 15.8 Å². The zero-order valence-corrected chi connectivity index (χ0v) is 16.7. The van der Waals surface area contributed by atoms with Gasteiger partial charge in [0.05, 0.1) is 24.5 Å². The van der Waals surface area contributed by atoms with Crippen molar-refractivity contribution in [1.82, 2.24) is 0 Å². The molecule has 2 aromatic carbocycles. The second kappa shape index (κ2) is 9.56. The summed E-state index contributed by atoms with van der Waals surface area (Å²) in [6.45, 7) is 1.98. The Bertz CT molecular complexity index is 921. The van der Waals surface area contributed by atoms with Crippen LogP contribution in [0.25, 0.3) is 0 Å². The average Bonchev–Trinajstić information content (AvgIpc) is 3.08. The molecule has 1 N–H and O–H groups in total. The van der Waals surface area contributed by atoms with Crippen LogP contribution in [0.1, 0.15) is 30.7 Å². The number of nitrogens with zero attached hydrogens (tertiary/aromatic N) is 1. The first-order valence-corrected chi connectivity index (χ1v) is 10.3. The van der Waals surface area contributed by atoms with Crippen LogP contribution in [0, 0.1) is 5.82 Å². The molecule has 152 valence electrons. The van der Waals surface area contributed by atoms with Gasteiger partial charge in [-0.25, -0.2) is 4.39 Å². The molecule has 29 heavy (non-hydrogen) atoms. The average molecular weight is 416 g/mol. The maximum atomic E-state index is 14.3. The molecule has 1 fully saturated rings. The van der Waals surface area contributed by atoms with E-state index in [1.807, 2.05) is 6.07 Å². The number of nitrogens with one attached hydrogen (secondary N) is 1. The number of benzene rings is 2. The minimum atomic E-state index is -0.461. The molecule has 0 saturated carbocycles. The van der Waals surface area contributed by atoms with Crippen molar-refractivity contribution in [3.05, 3.63) is 59.9 Å². The van der Waals surface area contributed by atoms with Crippen LogP contribution in [-0.4, -0.2) is 30.1 Å². The summed E-state index contributed by atoms with van der Waals surface area (Å²) in [6, 6.07) is 13.2. The fraction of sp³-hybridized carbons (Fsp3) is 0.286. The zero-order valence-electron chi connectivity index (χ0n) is 15.9. The van der Waals surface area contributed by atoms with Gasteiger partial charge in [0.25, 0.3) is 0 Å². The van der Waals surface area contributed by atoms with Gasteiger partial charge >= 0.3 is 5.97 Å². The van der Waals surface area contributed by atoms with Crippen molar-refractivity contribution < 1.29 is 23.5 Å². The fourth-order valence-electron chi connectivity index (χ4n) is 3.02. The molecule has 0 aliphatic carbocycles. The molecular formula is C21H21FN2O4S. The maximum Gasteiger partial charge on any atom is 0.306 e. The Labute approximate surface area is 172 Å². The first-order valence-electron chi connectivity index (χ1n) is 9.23. The largest absolute Gasteiger partial charge is 0.466 e. The van der Waals surface area contributed by atoms with Crippen molar-refractivity contribution in [3.8, 4) is 0 Å². The lowest BCUT2D eigenvalue weighted by Crippen LogP contribution is -2.28. The smallest absolute Gasteiger partial charge is 0.306 e. The number of esters is 1. The van der Waals surface area contributed by atoms with Crippen LogP contribution in [-0.2, 0) is 19.1 Å². The zero-order chi connectivity index (χ0) is 20.8. The number of hydrogen-bond donors (Lipinski definition) is 1. The van der Waals surface area contributed by atoms with Crippen LogP contribution in [0.3, 0.4) is 0 Å². The molecule has 1 saturated heterocycles. The van der Waals surface area contributed by atoms with Crippen LogP contribution >= 0.6 is 11.8 Å². The molecule has 0 bridgehead atoms. The number of anilines is 2. The van der Waals surface area contributed by atoms with E-state index in [-0.39, 0.29) is 42.7 Å². The van der Waals surface area contributed by atoms with Gasteiger partial charge in [0.1, 0.15) is 11.2 Å². The van der Waals surface area contributed by atoms with E-state index in [4.69, 9.17) is 4.74 Å². The highest BCUT2D eigenvalue weighted by atomic mass is 32.2. The molecular weight excluding hydrogens is 395 g/mol. The minimum Gasteiger partial charge on any atom is -0.466 e. The summed E-state index contributed by atoms with van der Waals surface area (Å²) in [5.74, 6) is -1.12. The number of carbonyl (C=O) groups is 3. The number of carbonyl (C=O) groups excluding carboxylic acids is 3. The van der Waals surface area contributed by atoms with Crippen LogP contribution < -0.4 is 10.2 Å². The Morgan fingerprint density at radius 1 is 1.21 bits per heavy atom. The molecule has 1 heterocycles. The third-order valence-corrected chi connectivity index (χ3v) is 5.51. The van der Waals surface area contributed by atoms with Gasteiger partial charge < -0.3 is 10.1 Å². The molecule has 1 aliphatic heterocycles. The second-order valence-electron chi connectivity index (χ2n) is 6.36. The van der Waals surface area contributed by atoms with Crippen molar-refractivity contribution in [1.29, 1.82) is 0 Å². The SMILES string of the molecule is CCOC(=O)CCC(=O)Nc1cccc(C2SCC(=O)N2c2ccccc2F)c1. The van der Waals surface area contributed by atoms with Gasteiger partial charge in [0.2, 0.25) is 11.8 Å². The molecule has 8 heteroatoms. The Morgan fingerprint density at radius 3 is 2.76 bits per heavy atom. The van der Waals surface area contributed by atoms with Gasteiger partial charge in [-0.05, 0) is 36.8 Å². The quantitative estimate of drug-likeness (QED) is 0.693. The lowest BCUT2D eigenvalue weighted by Gasteiger charge is -2.25. The Kier molecular flexibility index (Phi) is 6.87. The van der Waals surface area contributed by atoms with Crippen LogP contribution in [0.15, 0.2) is 48.5 Å². The number of rotatable bonds is 7. The Hall–Kier alpha value is -2.87. The van der Waals surface area contributed by atoms with E-state index in [9.17, 15) is 18.8 Å². The summed E-state index contributed by atoms with van der Waals surface area (Å²) in [7, 11) is 0. The summed E-state index contributed by atoms with van der Waals surface area (Å²) in [5.41, 5.74) is 1.55. The number of ether oxygens (including phenoxy) is 1. The first kappa shape index (κ1) is 20.9. The van der Waals surface area contributed by atoms with E-state index in [1.54, 1.807) is 43.3 Å². The van der Waals surface area contributed by atoms with Crippen LogP contribution in [0.2, 0.25) is 0 Å². The molecule has 1 aliphatic rings. The predicted molar refractivity (Wildman–Crippen MR) is 110 cm³/mol. The lowest BCUT2D eigenvalue weighted by atomic mass is 10.1. The fourth-order valence-corrected chi connectivity index (χ4v) is 4.18. The highest BCUT2D eigenvalue weighted by Crippen LogP contribution is 2.42. The standard InChI is InChI=1S/C21H21FN2O4S/c1-2-28-20(27)11-10-18(25)23-15-7-5-6-14(12-15)21-24(19(26)13-29-21)17-9-4-3-8-16(17)22/h3-9,12,21H,2,10-11,13H2,1H3,(H,23,25). The second-order valence-corrected chi connectivity index (χ2v) is 7.43. The van der Waals surface area contributed by atoms with Crippen molar-refractivity contribution in [3.63, 3.8) is 0 Å². The predicted octanol–water partition coefficient (Wildman–Crippen LogP) is 3.89. The van der Waals surface area contributed by atoms with Crippen LogP contribution in [0.5, 0.6) is 0 Å². The van der Waals surface area contributed by atoms with Gasteiger partial charge in [-0.1, -0.05) is 24.3 Å².